The van der Waals surface area contributed by atoms with E-state index in [1.807, 2.05) is 26.8 Å². The van der Waals surface area contributed by atoms with Crippen LogP contribution in [0, 0.1) is 12.8 Å². The Morgan fingerprint density at radius 3 is 2.46 bits per heavy atom. The van der Waals surface area contributed by atoms with Gasteiger partial charge in [-0.1, -0.05) is 47.4 Å². The van der Waals surface area contributed by atoms with Crippen molar-refractivity contribution in [3.8, 4) is 0 Å². The first-order valence-electron chi connectivity index (χ1n) is 7.46. The lowest BCUT2D eigenvalue weighted by atomic mass is 10.1. The van der Waals surface area contributed by atoms with E-state index in [1.165, 1.54) is 0 Å². The molecule has 2 aromatic carbocycles. The van der Waals surface area contributed by atoms with E-state index >= 15 is 0 Å². The second kappa shape index (κ2) is 7.81. The second-order valence-electron chi connectivity index (χ2n) is 5.75. The zero-order valence-corrected chi connectivity index (χ0v) is 16.0. The van der Waals surface area contributed by atoms with Crippen LogP contribution in [0.5, 0.6) is 0 Å². The van der Waals surface area contributed by atoms with E-state index in [-0.39, 0.29) is 17.7 Å². The molecule has 0 unspecified atom stereocenters. The van der Waals surface area contributed by atoms with Crippen molar-refractivity contribution in [2.24, 2.45) is 5.92 Å². The molecule has 2 amide bonds. The summed E-state index contributed by atoms with van der Waals surface area (Å²) in [6.07, 6.45) is 0. The Kier molecular flexibility index (Phi) is 6.02. The predicted molar refractivity (Wildman–Crippen MR) is 102 cm³/mol. The Morgan fingerprint density at radius 1 is 1.08 bits per heavy atom. The molecule has 0 aliphatic carbocycles. The smallest absolute Gasteiger partial charge is 0.257 e. The number of halogens is 2. The van der Waals surface area contributed by atoms with Crippen molar-refractivity contribution in [2.45, 2.75) is 20.8 Å². The van der Waals surface area contributed by atoms with E-state index in [0.717, 1.165) is 10.0 Å². The molecule has 0 bridgehead atoms. The largest absolute Gasteiger partial charge is 0.326 e. The number of hydrogen-bond donors (Lipinski definition) is 2. The molecule has 24 heavy (non-hydrogen) atoms. The highest BCUT2D eigenvalue weighted by molar-refractivity contribution is 9.10. The molecular weight excluding hydrogens is 392 g/mol. The fraction of sp³-hybridized carbons (Fsp3) is 0.222. The maximum absolute atomic E-state index is 12.5. The summed E-state index contributed by atoms with van der Waals surface area (Å²) in [5.41, 5.74) is 2.52. The number of benzene rings is 2. The Hall–Kier alpha value is -1.85. The molecule has 126 valence electrons. The van der Waals surface area contributed by atoms with Gasteiger partial charge in [0, 0.05) is 21.8 Å². The number of amides is 2. The van der Waals surface area contributed by atoms with E-state index in [2.05, 4.69) is 26.6 Å². The molecule has 0 saturated carbocycles. The number of carbonyl (C=O) groups is 2. The Balaban J connectivity index is 2.24. The van der Waals surface area contributed by atoms with Crippen molar-refractivity contribution in [2.75, 3.05) is 10.6 Å². The van der Waals surface area contributed by atoms with Crippen molar-refractivity contribution in [1.29, 1.82) is 0 Å². The number of hydrogen-bond acceptors (Lipinski definition) is 2. The van der Waals surface area contributed by atoms with Gasteiger partial charge in [0.05, 0.1) is 10.6 Å². The fourth-order valence-corrected chi connectivity index (χ4v) is 2.55. The first kappa shape index (κ1) is 18.5. The molecule has 2 rings (SSSR count). The SMILES string of the molecule is Cc1ccc(NC(=O)C(C)C)cc1NC(=O)c1cc(Br)ccc1Cl. The van der Waals surface area contributed by atoms with Gasteiger partial charge in [0.1, 0.15) is 0 Å². The zero-order valence-electron chi connectivity index (χ0n) is 13.6. The quantitative estimate of drug-likeness (QED) is 0.724. The van der Waals surface area contributed by atoms with E-state index in [1.54, 1.807) is 30.3 Å². The molecule has 0 heterocycles. The van der Waals surface area contributed by atoms with Crippen molar-refractivity contribution in [3.63, 3.8) is 0 Å². The summed E-state index contributed by atoms with van der Waals surface area (Å²) in [6, 6.07) is 10.5. The van der Waals surface area contributed by atoms with Crippen LogP contribution >= 0.6 is 27.5 Å². The van der Waals surface area contributed by atoms with Gasteiger partial charge in [-0.15, -0.1) is 0 Å². The highest BCUT2D eigenvalue weighted by Gasteiger charge is 2.13. The maximum atomic E-state index is 12.5. The minimum absolute atomic E-state index is 0.0776. The zero-order chi connectivity index (χ0) is 17.9. The average Bonchev–Trinajstić information content (AvgIpc) is 2.52. The number of nitrogens with one attached hydrogen (secondary N) is 2. The molecule has 0 atom stereocenters. The third-order valence-corrected chi connectivity index (χ3v) is 4.27. The van der Waals surface area contributed by atoms with E-state index < -0.39 is 0 Å². The van der Waals surface area contributed by atoms with Crippen LogP contribution < -0.4 is 10.6 Å². The molecule has 0 saturated heterocycles. The number of rotatable bonds is 4. The predicted octanol–water partition coefficient (Wildman–Crippen LogP) is 5.26. The third-order valence-electron chi connectivity index (χ3n) is 3.45. The summed E-state index contributed by atoms with van der Waals surface area (Å²) >= 11 is 9.42. The molecule has 0 fully saturated rings. The summed E-state index contributed by atoms with van der Waals surface area (Å²) in [5.74, 6) is -0.507. The summed E-state index contributed by atoms with van der Waals surface area (Å²) in [5, 5.41) is 6.03. The highest BCUT2D eigenvalue weighted by Crippen LogP contribution is 2.25. The topological polar surface area (TPSA) is 58.2 Å². The van der Waals surface area contributed by atoms with Crippen LogP contribution in [-0.4, -0.2) is 11.8 Å². The standard InChI is InChI=1S/C18H18BrClN2O2/c1-10(2)17(23)21-13-6-4-11(3)16(9-13)22-18(24)14-8-12(19)5-7-15(14)20/h4-10H,1-3H3,(H,21,23)(H,22,24). The third kappa shape index (κ3) is 4.58. The number of carbonyl (C=O) groups excluding carboxylic acids is 2. The maximum Gasteiger partial charge on any atom is 0.257 e. The monoisotopic (exact) mass is 408 g/mol. The lowest BCUT2D eigenvalue weighted by Crippen LogP contribution is -2.18. The van der Waals surface area contributed by atoms with Gasteiger partial charge in [0.15, 0.2) is 0 Å². The lowest BCUT2D eigenvalue weighted by molar-refractivity contribution is -0.118. The molecule has 0 spiro atoms. The van der Waals surface area contributed by atoms with Gasteiger partial charge < -0.3 is 10.6 Å². The minimum atomic E-state index is -0.309. The Morgan fingerprint density at radius 2 is 1.79 bits per heavy atom. The summed E-state index contributed by atoms with van der Waals surface area (Å²) in [4.78, 5) is 24.3. The second-order valence-corrected chi connectivity index (χ2v) is 7.07. The normalized spacial score (nSPS) is 10.6. The molecule has 2 aromatic rings. The fourth-order valence-electron chi connectivity index (χ4n) is 1.98. The average molecular weight is 410 g/mol. The summed E-state index contributed by atoms with van der Waals surface area (Å²) in [6.45, 7) is 5.52. The van der Waals surface area contributed by atoms with Crippen molar-refractivity contribution >= 4 is 50.7 Å². The van der Waals surface area contributed by atoms with Crippen LogP contribution in [0.3, 0.4) is 0 Å². The Labute approximate surface area is 154 Å². The van der Waals surface area contributed by atoms with Crippen LogP contribution in [0.2, 0.25) is 5.02 Å². The Bertz CT molecular complexity index is 791. The van der Waals surface area contributed by atoms with Crippen LogP contribution in [0.1, 0.15) is 29.8 Å². The molecule has 0 radical (unpaired) electrons. The van der Waals surface area contributed by atoms with Gasteiger partial charge in [0.2, 0.25) is 5.91 Å². The molecule has 4 nitrogen and oxygen atoms in total. The molecule has 0 aromatic heterocycles. The van der Waals surface area contributed by atoms with Gasteiger partial charge in [-0.2, -0.15) is 0 Å². The molecule has 0 aliphatic rings. The summed E-state index contributed by atoms with van der Waals surface area (Å²) < 4.78 is 0.770. The van der Waals surface area contributed by atoms with Crippen LogP contribution in [0.4, 0.5) is 11.4 Å². The number of aryl methyl sites for hydroxylation is 1. The van der Waals surface area contributed by atoms with E-state index in [0.29, 0.717) is 22.0 Å². The van der Waals surface area contributed by atoms with Crippen molar-refractivity contribution in [1.82, 2.24) is 0 Å². The van der Waals surface area contributed by atoms with Crippen molar-refractivity contribution < 1.29 is 9.59 Å². The van der Waals surface area contributed by atoms with Crippen molar-refractivity contribution in [3.05, 3.63) is 57.0 Å². The van der Waals surface area contributed by atoms with Gasteiger partial charge >= 0.3 is 0 Å². The van der Waals surface area contributed by atoms with Gasteiger partial charge in [-0.25, -0.2) is 0 Å². The van der Waals surface area contributed by atoms with Crippen LogP contribution in [-0.2, 0) is 4.79 Å². The van der Waals surface area contributed by atoms with Gasteiger partial charge in [0.25, 0.3) is 5.91 Å². The first-order chi connectivity index (χ1) is 11.3. The minimum Gasteiger partial charge on any atom is -0.326 e. The molecule has 2 N–H and O–H groups in total. The van der Waals surface area contributed by atoms with Crippen LogP contribution in [0.15, 0.2) is 40.9 Å². The van der Waals surface area contributed by atoms with Gasteiger partial charge in [-0.05, 0) is 42.8 Å². The first-order valence-corrected chi connectivity index (χ1v) is 8.63. The summed E-state index contributed by atoms with van der Waals surface area (Å²) in [7, 11) is 0. The van der Waals surface area contributed by atoms with E-state index in [9.17, 15) is 9.59 Å². The van der Waals surface area contributed by atoms with Gasteiger partial charge in [-0.3, -0.25) is 9.59 Å². The highest BCUT2D eigenvalue weighted by atomic mass is 79.9. The number of anilines is 2. The lowest BCUT2D eigenvalue weighted by Gasteiger charge is -2.13. The van der Waals surface area contributed by atoms with Crippen LogP contribution in [0.25, 0.3) is 0 Å². The molecule has 0 aliphatic heterocycles. The molecule has 6 heteroatoms. The van der Waals surface area contributed by atoms with E-state index in [4.69, 9.17) is 11.6 Å². The molecular formula is C18H18BrClN2O2.